The third kappa shape index (κ3) is 5.72. The van der Waals surface area contributed by atoms with Crippen molar-refractivity contribution in [2.45, 2.75) is 38.6 Å². The fraction of sp³-hybridized carbons (Fsp3) is 0.846. The van der Waals surface area contributed by atoms with Gasteiger partial charge >= 0.3 is 12.0 Å². The molecule has 0 aliphatic carbocycles. The van der Waals surface area contributed by atoms with Crippen LogP contribution in [0.3, 0.4) is 0 Å². The van der Waals surface area contributed by atoms with Gasteiger partial charge < -0.3 is 15.3 Å². The quantitative estimate of drug-likeness (QED) is 0.752. The van der Waals surface area contributed by atoms with Crippen LogP contribution in [0.1, 0.15) is 32.6 Å². The molecule has 1 rings (SSSR count). The summed E-state index contributed by atoms with van der Waals surface area (Å²) in [6.45, 7) is 3.50. The number of hydrogen-bond donors (Lipinski definition) is 2. The molecule has 1 aliphatic rings. The van der Waals surface area contributed by atoms with Crippen molar-refractivity contribution in [2.24, 2.45) is 5.92 Å². The van der Waals surface area contributed by atoms with Gasteiger partial charge in [0.1, 0.15) is 0 Å². The van der Waals surface area contributed by atoms with Gasteiger partial charge in [-0.2, -0.15) is 11.8 Å². The molecular formula is C13H24N2O3S. The number of aliphatic carboxylic acids is 1. The summed E-state index contributed by atoms with van der Waals surface area (Å²) >= 11 is 1.73. The van der Waals surface area contributed by atoms with Crippen LogP contribution in [0.2, 0.25) is 0 Å². The van der Waals surface area contributed by atoms with E-state index >= 15 is 0 Å². The van der Waals surface area contributed by atoms with Crippen molar-refractivity contribution in [2.75, 3.05) is 25.1 Å². The fourth-order valence-electron chi connectivity index (χ4n) is 2.31. The van der Waals surface area contributed by atoms with Crippen molar-refractivity contribution in [3.8, 4) is 0 Å². The van der Waals surface area contributed by atoms with Gasteiger partial charge in [-0.15, -0.1) is 0 Å². The first-order valence-corrected chi connectivity index (χ1v) is 8.22. The Morgan fingerprint density at radius 2 is 2.26 bits per heavy atom. The minimum Gasteiger partial charge on any atom is -0.481 e. The van der Waals surface area contributed by atoms with Crippen LogP contribution < -0.4 is 5.32 Å². The van der Waals surface area contributed by atoms with E-state index in [1.54, 1.807) is 11.8 Å². The molecule has 0 saturated carbocycles. The molecule has 6 heteroatoms. The van der Waals surface area contributed by atoms with Crippen LogP contribution in [-0.2, 0) is 4.79 Å². The van der Waals surface area contributed by atoms with Crippen molar-refractivity contribution in [3.63, 3.8) is 0 Å². The van der Waals surface area contributed by atoms with Gasteiger partial charge in [-0.1, -0.05) is 6.92 Å². The van der Waals surface area contributed by atoms with Gasteiger partial charge in [0.05, 0.1) is 0 Å². The van der Waals surface area contributed by atoms with Gasteiger partial charge in [0.25, 0.3) is 0 Å². The Kier molecular flexibility index (Phi) is 7.05. The van der Waals surface area contributed by atoms with Gasteiger partial charge in [0, 0.05) is 31.3 Å². The number of amides is 2. The summed E-state index contributed by atoms with van der Waals surface area (Å²) in [5, 5.41) is 11.7. The number of carbonyl (C=O) groups excluding carboxylic acids is 1. The van der Waals surface area contributed by atoms with Gasteiger partial charge in [-0.25, -0.2) is 4.79 Å². The second-order valence-corrected chi connectivity index (χ2v) is 5.95. The number of hydrogen-bond acceptors (Lipinski definition) is 3. The van der Waals surface area contributed by atoms with E-state index in [4.69, 9.17) is 5.11 Å². The highest BCUT2D eigenvalue weighted by molar-refractivity contribution is 7.98. The predicted octanol–water partition coefficient (Wildman–Crippen LogP) is 2.02. The maximum absolute atomic E-state index is 12.1. The van der Waals surface area contributed by atoms with E-state index in [0.717, 1.165) is 25.1 Å². The number of urea groups is 1. The van der Waals surface area contributed by atoms with Crippen LogP contribution in [0.15, 0.2) is 0 Å². The fourth-order valence-corrected chi connectivity index (χ4v) is 3.03. The van der Waals surface area contributed by atoms with Crippen LogP contribution in [-0.4, -0.2) is 53.1 Å². The van der Waals surface area contributed by atoms with Crippen molar-refractivity contribution >= 4 is 23.8 Å². The summed E-state index contributed by atoms with van der Waals surface area (Å²) in [6, 6.07) is 0.222. The number of nitrogens with one attached hydrogen (secondary N) is 1. The zero-order valence-corrected chi connectivity index (χ0v) is 12.5. The molecule has 2 N–H and O–H groups in total. The molecule has 19 heavy (non-hydrogen) atoms. The van der Waals surface area contributed by atoms with E-state index in [1.807, 2.05) is 11.2 Å². The van der Waals surface area contributed by atoms with Crippen LogP contribution >= 0.6 is 11.8 Å². The predicted molar refractivity (Wildman–Crippen MR) is 77.5 cm³/mol. The van der Waals surface area contributed by atoms with E-state index < -0.39 is 5.97 Å². The molecule has 1 saturated heterocycles. The van der Waals surface area contributed by atoms with Crippen molar-refractivity contribution in [1.82, 2.24) is 10.2 Å². The Hall–Kier alpha value is -0.910. The third-order valence-electron chi connectivity index (χ3n) is 3.53. The highest BCUT2D eigenvalue weighted by Crippen LogP contribution is 2.21. The SMILES string of the molecule is CCC(CSC)NC(=O)N1CCC(CCC(=O)O)C1. The summed E-state index contributed by atoms with van der Waals surface area (Å²) in [7, 11) is 0. The standard InChI is InChI=1S/C13H24N2O3S/c1-3-11(9-19-2)14-13(18)15-7-6-10(8-15)4-5-12(16)17/h10-11H,3-9H2,1-2H3,(H,14,18)(H,16,17). The summed E-state index contributed by atoms with van der Waals surface area (Å²) in [6.07, 6.45) is 4.75. The Morgan fingerprint density at radius 1 is 1.53 bits per heavy atom. The average molecular weight is 288 g/mol. The van der Waals surface area contributed by atoms with E-state index in [9.17, 15) is 9.59 Å². The summed E-state index contributed by atoms with van der Waals surface area (Å²) in [5.41, 5.74) is 0. The number of nitrogens with zero attached hydrogens (tertiary/aromatic N) is 1. The molecule has 0 bridgehead atoms. The van der Waals surface area contributed by atoms with Crippen LogP contribution in [0.25, 0.3) is 0 Å². The number of likely N-dealkylation sites (tertiary alicyclic amines) is 1. The third-order valence-corrected chi connectivity index (χ3v) is 4.26. The highest BCUT2D eigenvalue weighted by atomic mass is 32.2. The molecule has 110 valence electrons. The minimum absolute atomic E-state index is 0.00118. The monoisotopic (exact) mass is 288 g/mol. The van der Waals surface area contributed by atoms with E-state index in [2.05, 4.69) is 12.2 Å². The summed E-state index contributed by atoms with van der Waals surface area (Å²) in [4.78, 5) is 24.4. The largest absolute Gasteiger partial charge is 0.481 e. The Morgan fingerprint density at radius 3 is 2.84 bits per heavy atom. The van der Waals surface area contributed by atoms with Gasteiger partial charge in [-0.05, 0) is 31.4 Å². The molecule has 0 aromatic heterocycles. The van der Waals surface area contributed by atoms with Crippen molar-refractivity contribution in [1.29, 1.82) is 0 Å². The molecule has 2 atom stereocenters. The van der Waals surface area contributed by atoms with Crippen LogP contribution in [0.4, 0.5) is 4.79 Å². The molecule has 1 heterocycles. The molecule has 0 aromatic carbocycles. The van der Waals surface area contributed by atoms with Gasteiger partial charge in [0.15, 0.2) is 0 Å². The molecule has 1 aliphatic heterocycles. The zero-order chi connectivity index (χ0) is 14.3. The smallest absolute Gasteiger partial charge is 0.317 e. The maximum Gasteiger partial charge on any atom is 0.317 e. The second kappa shape index (κ2) is 8.30. The molecule has 2 unspecified atom stereocenters. The van der Waals surface area contributed by atoms with Crippen molar-refractivity contribution < 1.29 is 14.7 Å². The van der Waals surface area contributed by atoms with Gasteiger partial charge in [-0.3, -0.25) is 4.79 Å². The lowest BCUT2D eigenvalue weighted by molar-refractivity contribution is -0.137. The van der Waals surface area contributed by atoms with E-state index in [1.165, 1.54) is 0 Å². The molecular weight excluding hydrogens is 264 g/mol. The molecule has 0 aromatic rings. The Labute approximate surface area is 119 Å². The number of carbonyl (C=O) groups is 2. The lowest BCUT2D eigenvalue weighted by Gasteiger charge is -2.22. The Bertz CT molecular complexity index is 312. The Balaban J connectivity index is 2.32. The van der Waals surface area contributed by atoms with Gasteiger partial charge in [0.2, 0.25) is 0 Å². The molecule has 5 nitrogen and oxygen atoms in total. The van der Waals surface area contributed by atoms with E-state index in [0.29, 0.717) is 18.9 Å². The zero-order valence-electron chi connectivity index (χ0n) is 11.7. The first kappa shape index (κ1) is 16.1. The minimum atomic E-state index is -0.756. The van der Waals surface area contributed by atoms with E-state index in [-0.39, 0.29) is 18.5 Å². The molecule has 0 spiro atoms. The second-order valence-electron chi connectivity index (χ2n) is 5.04. The number of rotatable bonds is 7. The normalized spacial score (nSPS) is 20.3. The summed E-state index contributed by atoms with van der Waals surface area (Å²) in [5.74, 6) is 0.509. The number of thioether (sulfide) groups is 1. The number of carboxylic acid groups (broad SMARTS) is 1. The van der Waals surface area contributed by atoms with Crippen LogP contribution in [0, 0.1) is 5.92 Å². The molecule has 2 amide bonds. The van der Waals surface area contributed by atoms with Crippen molar-refractivity contribution in [3.05, 3.63) is 0 Å². The molecule has 1 fully saturated rings. The average Bonchev–Trinajstić information content (AvgIpc) is 2.84. The van der Waals surface area contributed by atoms with Crippen LogP contribution in [0.5, 0.6) is 0 Å². The first-order valence-electron chi connectivity index (χ1n) is 6.83. The first-order chi connectivity index (χ1) is 9.06. The molecule has 0 radical (unpaired) electrons. The lowest BCUT2D eigenvalue weighted by atomic mass is 10.0. The summed E-state index contributed by atoms with van der Waals surface area (Å²) < 4.78 is 0. The highest BCUT2D eigenvalue weighted by Gasteiger charge is 2.27. The maximum atomic E-state index is 12.1. The number of carboxylic acids is 1. The topological polar surface area (TPSA) is 69.6 Å². The lowest BCUT2D eigenvalue weighted by Crippen LogP contribution is -2.44.